The van der Waals surface area contributed by atoms with E-state index in [2.05, 4.69) is 48.5 Å². The Morgan fingerprint density at radius 3 is 1.35 bits per heavy atom. The molecule has 23 heavy (non-hydrogen) atoms. The van der Waals surface area contributed by atoms with Gasteiger partial charge >= 0.3 is 7.94 Å². The van der Waals surface area contributed by atoms with Crippen LogP contribution >= 0.6 is 7.94 Å². The molecule has 0 amide bonds. The Labute approximate surface area is 143 Å². The maximum absolute atomic E-state index is 9.55. The quantitative estimate of drug-likeness (QED) is 0.648. The molecule has 0 aliphatic carbocycles. The van der Waals surface area contributed by atoms with Crippen molar-refractivity contribution in [2.75, 3.05) is 0 Å². The fourth-order valence-corrected chi connectivity index (χ4v) is 2.86. The molecule has 3 N–H and O–H groups in total. The third-order valence-electron chi connectivity index (χ3n) is 2.99. The van der Waals surface area contributed by atoms with E-state index in [1.165, 1.54) is 0 Å². The first-order chi connectivity index (χ1) is 9.83. The van der Waals surface area contributed by atoms with Crippen LogP contribution in [0.2, 0.25) is 0 Å². The van der Waals surface area contributed by atoms with E-state index in [9.17, 15) is 14.7 Å². The van der Waals surface area contributed by atoms with Crippen LogP contribution in [0.15, 0.2) is 18.2 Å². The normalized spacial score (nSPS) is 13.4. The van der Waals surface area contributed by atoms with Gasteiger partial charge in [-0.05, 0) is 27.9 Å². The summed E-state index contributed by atoms with van der Waals surface area (Å²) in [6, 6.07) is 5.45. The van der Waals surface area contributed by atoms with Gasteiger partial charge in [0.15, 0.2) is 5.30 Å². The van der Waals surface area contributed by atoms with Crippen LogP contribution < -0.4 is 5.30 Å². The molecule has 0 aliphatic heterocycles. The molecule has 1 aromatic rings. The highest BCUT2D eigenvalue weighted by Gasteiger charge is 2.40. The maximum atomic E-state index is 9.55. The van der Waals surface area contributed by atoms with Crippen LogP contribution in [0.5, 0.6) is 0 Å². The molecule has 0 aliphatic rings. The summed E-state index contributed by atoms with van der Waals surface area (Å²) in [6.07, 6.45) is 0. The Hall–Kier alpha value is -0.470. The molecular weight excluding hydrogens is 307 g/mol. The van der Waals surface area contributed by atoms with Gasteiger partial charge in [0, 0.05) is 5.56 Å². The zero-order valence-corrected chi connectivity index (χ0v) is 17.4. The Morgan fingerprint density at radius 2 is 1.09 bits per heavy atom. The van der Waals surface area contributed by atoms with Crippen LogP contribution in [0.1, 0.15) is 80.4 Å². The van der Waals surface area contributed by atoms with Gasteiger partial charge in [0.25, 0.3) is 0 Å². The van der Waals surface area contributed by atoms with E-state index in [4.69, 9.17) is 0 Å². The molecule has 0 fully saturated rings. The second kappa shape index (κ2) is 7.19. The molecular formula is C19H36O3P+. The van der Waals surface area contributed by atoms with Crippen LogP contribution in [-0.4, -0.2) is 14.7 Å². The van der Waals surface area contributed by atoms with Crippen molar-refractivity contribution >= 4 is 13.2 Å². The lowest BCUT2D eigenvalue weighted by Crippen LogP contribution is -2.26. The van der Waals surface area contributed by atoms with E-state index in [0.29, 0.717) is 5.41 Å². The smallest absolute Gasteiger partial charge is 0.189 e. The minimum absolute atomic E-state index is 0.0139. The predicted octanol–water partition coefficient (Wildman–Crippen LogP) is 4.70. The van der Waals surface area contributed by atoms with E-state index in [1.54, 1.807) is 6.07 Å². The van der Waals surface area contributed by atoms with Gasteiger partial charge in [-0.1, -0.05) is 81.4 Å². The molecule has 0 heterocycles. The average Bonchev–Trinajstić information content (AvgIpc) is 2.22. The van der Waals surface area contributed by atoms with Gasteiger partial charge < -0.3 is 0 Å². The Balaban J connectivity index is 0.000000841. The van der Waals surface area contributed by atoms with Gasteiger partial charge in [-0.25, -0.2) is 0 Å². The first-order valence-corrected chi connectivity index (χ1v) is 9.71. The van der Waals surface area contributed by atoms with Gasteiger partial charge in [0.05, 0.1) is 0 Å². The summed E-state index contributed by atoms with van der Waals surface area (Å²) < 4.78 is 0. The van der Waals surface area contributed by atoms with Crippen LogP contribution in [-0.2, 0) is 10.8 Å². The largest absolute Gasteiger partial charge is 0.441 e. The lowest BCUT2D eigenvalue weighted by Gasteiger charge is -2.26. The van der Waals surface area contributed by atoms with Crippen LogP contribution in [0.3, 0.4) is 0 Å². The van der Waals surface area contributed by atoms with Crippen molar-refractivity contribution in [1.82, 2.24) is 0 Å². The maximum Gasteiger partial charge on any atom is 0.441 e. The van der Waals surface area contributed by atoms with Gasteiger partial charge in [0.1, 0.15) is 0 Å². The van der Waals surface area contributed by atoms with Crippen molar-refractivity contribution in [2.24, 2.45) is 5.41 Å². The third kappa shape index (κ3) is 8.81. The van der Waals surface area contributed by atoms with Crippen LogP contribution in [0.4, 0.5) is 0 Å². The first-order valence-electron chi connectivity index (χ1n) is 8.06. The number of hydrogen-bond acceptors (Lipinski definition) is 3. The molecule has 4 heteroatoms. The summed E-state index contributed by atoms with van der Waals surface area (Å²) in [5, 5.41) is 0.253. The molecule has 0 bridgehead atoms. The van der Waals surface area contributed by atoms with Crippen molar-refractivity contribution in [3.8, 4) is 0 Å². The molecule has 0 saturated carbocycles. The van der Waals surface area contributed by atoms with Gasteiger partial charge in [0.2, 0.25) is 0 Å². The molecule has 1 rings (SSSR count). The fourth-order valence-electron chi connectivity index (χ4n) is 1.86. The van der Waals surface area contributed by atoms with E-state index < -0.39 is 7.94 Å². The number of rotatable bonds is 1. The lowest BCUT2D eigenvalue weighted by molar-refractivity contribution is 0.346. The molecule has 0 saturated heterocycles. The highest BCUT2D eigenvalue weighted by atomic mass is 31.2. The van der Waals surface area contributed by atoms with Crippen molar-refractivity contribution in [2.45, 2.75) is 80.1 Å². The Morgan fingerprint density at radius 1 is 0.696 bits per heavy atom. The second-order valence-corrected chi connectivity index (χ2v) is 11.4. The summed E-state index contributed by atoms with van der Waals surface area (Å²) in [4.78, 5) is 28.6. The molecule has 3 nitrogen and oxygen atoms in total. The standard InChI is InChI=1S/C14H24O3P.C5H12/c1-13(2,3)10-7-8-12(18(15,16)17)11(9-10)14(4,5)6;1-5(2,3)4/h7-9,15-17H,1-6H3;1-4H3/q+1;. The predicted molar refractivity (Wildman–Crippen MR) is 102 cm³/mol. The monoisotopic (exact) mass is 343 g/mol. The minimum Gasteiger partial charge on any atom is -0.189 e. The van der Waals surface area contributed by atoms with Gasteiger partial charge in [-0.15, -0.1) is 0 Å². The summed E-state index contributed by atoms with van der Waals surface area (Å²) in [7, 11) is -3.97. The SMILES string of the molecule is CC(C)(C)C.CC(C)(C)c1ccc([P+](O)(O)O)c(C(C)(C)C)c1. The molecule has 0 spiro atoms. The minimum atomic E-state index is -3.97. The zero-order chi connectivity index (χ0) is 18.9. The molecule has 1 aromatic carbocycles. The van der Waals surface area contributed by atoms with Crippen molar-refractivity contribution in [1.29, 1.82) is 0 Å². The van der Waals surface area contributed by atoms with E-state index in [1.807, 2.05) is 32.9 Å². The zero-order valence-electron chi connectivity index (χ0n) is 16.5. The lowest BCUT2D eigenvalue weighted by atomic mass is 9.81. The number of hydrogen-bond donors (Lipinski definition) is 3. The van der Waals surface area contributed by atoms with E-state index >= 15 is 0 Å². The number of benzene rings is 1. The van der Waals surface area contributed by atoms with Gasteiger partial charge in [-0.3, -0.25) is 0 Å². The third-order valence-corrected chi connectivity index (χ3v) is 4.03. The van der Waals surface area contributed by atoms with Crippen molar-refractivity contribution in [3.05, 3.63) is 29.3 Å². The van der Waals surface area contributed by atoms with E-state index in [0.717, 1.165) is 11.1 Å². The average molecular weight is 343 g/mol. The van der Waals surface area contributed by atoms with Crippen LogP contribution in [0.25, 0.3) is 0 Å². The first kappa shape index (κ1) is 22.5. The summed E-state index contributed by atoms with van der Waals surface area (Å²) in [5.74, 6) is 0. The molecule has 0 radical (unpaired) electrons. The van der Waals surface area contributed by atoms with Crippen LogP contribution in [0, 0.1) is 5.41 Å². The molecule has 0 unspecified atom stereocenters. The van der Waals surface area contributed by atoms with Crippen molar-refractivity contribution in [3.63, 3.8) is 0 Å². The Bertz CT molecular complexity index is 503. The Kier molecular flexibility index (Phi) is 7.04. The fraction of sp³-hybridized carbons (Fsp3) is 0.684. The summed E-state index contributed by atoms with van der Waals surface area (Å²) in [5.41, 5.74) is 2.14. The van der Waals surface area contributed by atoms with E-state index in [-0.39, 0.29) is 16.1 Å². The van der Waals surface area contributed by atoms with Crippen molar-refractivity contribution < 1.29 is 14.7 Å². The second-order valence-electron chi connectivity index (χ2n) is 9.80. The van der Waals surface area contributed by atoms with Gasteiger partial charge in [-0.2, -0.15) is 14.7 Å². The summed E-state index contributed by atoms with van der Waals surface area (Å²) >= 11 is 0. The molecule has 134 valence electrons. The molecule has 0 aromatic heterocycles. The molecule has 0 atom stereocenters. The highest BCUT2D eigenvalue weighted by molar-refractivity contribution is 7.66. The highest BCUT2D eigenvalue weighted by Crippen LogP contribution is 2.46. The topological polar surface area (TPSA) is 60.7 Å². The summed E-state index contributed by atoms with van der Waals surface area (Å²) in [6.45, 7) is 21.0.